The van der Waals surface area contributed by atoms with Gasteiger partial charge in [-0.1, -0.05) is 18.2 Å². The largest absolute Gasteiger partial charge is 0.480 e. The van der Waals surface area contributed by atoms with Crippen molar-refractivity contribution in [2.75, 3.05) is 42.5 Å². The first-order valence-electron chi connectivity index (χ1n) is 11.8. The zero-order chi connectivity index (χ0) is 28.0. The van der Waals surface area contributed by atoms with Gasteiger partial charge < -0.3 is 20.2 Å². The van der Waals surface area contributed by atoms with Crippen molar-refractivity contribution in [1.29, 1.82) is 0 Å². The molecule has 39 heavy (non-hydrogen) atoms. The number of rotatable bonds is 10. The summed E-state index contributed by atoms with van der Waals surface area (Å²) in [7, 11) is -4.16. The summed E-state index contributed by atoms with van der Waals surface area (Å²) in [5, 5.41) is 23.6. The van der Waals surface area contributed by atoms with Gasteiger partial charge in [0.2, 0.25) is 16.0 Å². The number of carbonyl (C=O) groups is 2. The van der Waals surface area contributed by atoms with E-state index in [1.807, 2.05) is 14.5 Å². The summed E-state index contributed by atoms with van der Waals surface area (Å²) in [6, 6.07) is 11.2. The van der Waals surface area contributed by atoms with Crippen LogP contribution in [0.5, 0.6) is 0 Å². The van der Waals surface area contributed by atoms with E-state index in [0.29, 0.717) is 37.8 Å². The molecule has 0 radical (unpaired) electrons. The highest BCUT2D eigenvalue weighted by Gasteiger charge is 2.28. The van der Waals surface area contributed by atoms with Gasteiger partial charge in [-0.2, -0.15) is 4.72 Å². The van der Waals surface area contributed by atoms with E-state index in [0.717, 1.165) is 6.07 Å². The van der Waals surface area contributed by atoms with E-state index in [9.17, 15) is 33.2 Å². The van der Waals surface area contributed by atoms with Crippen molar-refractivity contribution in [1.82, 2.24) is 20.0 Å². The second-order valence-electron chi connectivity index (χ2n) is 8.52. The Hall–Kier alpha value is -4.63. The van der Waals surface area contributed by atoms with Crippen LogP contribution in [0.1, 0.15) is 10.4 Å². The molecule has 0 aliphatic carbocycles. The molecule has 15 heteroatoms. The minimum atomic E-state index is -4.16. The Balaban J connectivity index is 1.42. The molecule has 3 aromatic rings. The third-order valence-electron chi connectivity index (χ3n) is 6.01. The van der Waals surface area contributed by atoms with Crippen molar-refractivity contribution < 1.29 is 28.0 Å². The molecular formula is C24H25N7O7S. The third kappa shape index (κ3) is 6.63. The number of amides is 1. The van der Waals surface area contributed by atoms with Crippen LogP contribution < -0.4 is 19.8 Å². The van der Waals surface area contributed by atoms with Crippen LogP contribution in [0.4, 0.5) is 17.3 Å². The number of nitrogens with one attached hydrogen (secondary N) is 2. The molecule has 1 saturated heterocycles. The number of anilines is 2. The van der Waals surface area contributed by atoms with Crippen molar-refractivity contribution in [3.8, 4) is 0 Å². The summed E-state index contributed by atoms with van der Waals surface area (Å²) in [6.07, 6.45) is 3.28. The number of carboxylic acid groups (broad SMARTS) is 1. The van der Waals surface area contributed by atoms with E-state index in [1.54, 1.807) is 24.5 Å². The van der Waals surface area contributed by atoms with Crippen molar-refractivity contribution >= 4 is 39.2 Å². The lowest BCUT2D eigenvalue weighted by Crippen LogP contribution is -2.48. The minimum absolute atomic E-state index is 0.0724. The van der Waals surface area contributed by atoms with E-state index in [2.05, 4.69) is 15.3 Å². The average molecular weight is 556 g/mol. The Labute approximate surface area is 223 Å². The van der Waals surface area contributed by atoms with E-state index >= 15 is 0 Å². The maximum Gasteiger partial charge on any atom is 0.323 e. The lowest BCUT2D eigenvalue weighted by Gasteiger charge is -2.35. The van der Waals surface area contributed by atoms with Crippen molar-refractivity contribution in [2.24, 2.45) is 0 Å². The third-order valence-corrected chi connectivity index (χ3v) is 7.49. The quantitative estimate of drug-likeness (QED) is 0.238. The van der Waals surface area contributed by atoms with E-state index in [1.165, 1.54) is 36.4 Å². The molecule has 1 amide bonds. The Bertz CT molecular complexity index is 1450. The van der Waals surface area contributed by atoms with Crippen LogP contribution in [0, 0.1) is 10.1 Å². The summed E-state index contributed by atoms with van der Waals surface area (Å²) >= 11 is 0. The molecule has 1 aliphatic heterocycles. The fourth-order valence-electron chi connectivity index (χ4n) is 4.01. The summed E-state index contributed by atoms with van der Waals surface area (Å²) < 4.78 is 27.0. The highest BCUT2D eigenvalue weighted by molar-refractivity contribution is 7.89. The number of aliphatic carboxylic acids is 1. The van der Waals surface area contributed by atoms with Gasteiger partial charge in [0.1, 0.15) is 11.7 Å². The molecule has 0 unspecified atom stereocenters. The van der Waals surface area contributed by atoms with Gasteiger partial charge in [0.05, 0.1) is 9.82 Å². The van der Waals surface area contributed by atoms with Gasteiger partial charge in [0, 0.05) is 56.7 Å². The lowest BCUT2D eigenvalue weighted by atomic mass is 10.1. The second kappa shape index (κ2) is 11.8. The van der Waals surface area contributed by atoms with Crippen molar-refractivity contribution in [2.45, 2.75) is 10.9 Å². The van der Waals surface area contributed by atoms with Crippen LogP contribution in [-0.4, -0.2) is 79.1 Å². The smallest absolute Gasteiger partial charge is 0.323 e. The number of hydrogen-bond acceptors (Lipinski definition) is 10. The molecule has 1 atom stereocenters. The number of carboxylic acids is 1. The number of carbonyl (C=O) groups excluding carboxylic acids is 1. The fourth-order valence-corrected chi connectivity index (χ4v) is 5.22. The van der Waals surface area contributed by atoms with Crippen molar-refractivity contribution in [3.63, 3.8) is 0 Å². The van der Waals surface area contributed by atoms with E-state index in [-0.39, 0.29) is 16.1 Å². The maximum atomic E-state index is 12.7. The van der Waals surface area contributed by atoms with Crippen LogP contribution in [0.3, 0.4) is 0 Å². The molecule has 14 nitrogen and oxygen atoms in total. The lowest BCUT2D eigenvalue weighted by molar-refractivity contribution is -0.384. The fraction of sp³-hybridized carbons (Fsp3) is 0.250. The topological polar surface area (TPSA) is 188 Å². The molecule has 4 rings (SSSR count). The van der Waals surface area contributed by atoms with Crippen molar-refractivity contribution in [3.05, 3.63) is 82.7 Å². The predicted octanol–water partition coefficient (Wildman–Crippen LogP) is 0.873. The standard InChI is InChI=1S/C24H25N7O7S/c32-22(27-16-19(23(33)34)28-39(37,38)18-5-2-1-3-6-18)17-7-8-20(21(15-17)31(35)36)29-11-13-30(14-12-29)24-25-9-4-10-26-24/h1-10,15,19,28H,11-14,16H2,(H,27,32)(H,33,34)/t19-/m0/s1. The monoisotopic (exact) mass is 555 g/mol. The summed E-state index contributed by atoms with van der Waals surface area (Å²) in [4.78, 5) is 47.7. The Morgan fingerprint density at radius 3 is 2.26 bits per heavy atom. The highest BCUT2D eigenvalue weighted by Crippen LogP contribution is 2.30. The highest BCUT2D eigenvalue weighted by atomic mass is 32.2. The number of sulfonamides is 1. The van der Waals surface area contributed by atoms with Gasteiger partial charge in [0.25, 0.3) is 11.6 Å². The molecule has 2 heterocycles. The molecule has 1 aliphatic rings. The van der Waals surface area contributed by atoms with Gasteiger partial charge in [-0.3, -0.25) is 19.7 Å². The first-order chi connectivity index (χ1) is 18.7. The molecule has 1 aromatic heterocycles. The number of piperazine rings is 1. The number of nitrogens with zero attached hydrogens (tertiary/aromatic N) is 5. The molecule has 0 saturated carbocycles. The first-order valence-corrected chi connectivity index (χ1v) is 13.3. The Kier molecular flexibility index (Phi) is 8.31. The van der Waals surface area contributed by atoms with Gasteiger partial charge in [-0.15, -0.1) is 0 Å². The second-order valence-corrected chi connectivity index (χ2v) is 10.2. The molecule has 204 valence electrons. The van der Waals surface area contributed by atoms with Gasteiger partial charge in [-0.25, -0.2) is 18.4 Å². The molecule has 2 aromatic carbocycles. The zero-order valence-corrected chi connectivity index (χ0v) is 21.3. The molecular weight excluding hydrogens is 530 g/mol. The van der Waals surface area contributed by atoms with Crippen LogP contribution in [-0.2, 0) is 14.8 Å². The zero-order valence-electron chi connectivity index (χ0n) is 20.5. The van der Waals surface area contributed by atoms with E-state index < -0.39 is 39.4 Å². The number of aromatic nitrogens is 2. The SMILES string of the molecule is O=C(NC[C@H](NS(=O)(=O)c1ccccc1)C(=O)O)c1ccc(N2CCN(c3ncccn3)CC2)c([N+](=O)[O-])c1. The van der Waals surface area contributed by atoms with Gasteiger partial charge in [0.15, 0.2) is 0 Å². The molecule has 1 fully saturated rings. The number of hydrogen-bond donors (Lipinski definition) is 3. The maximum absolute atomic E-state index is 12.7. The van der Waals surface area contributed by atoms with E-state index in [4.69, 9.17) is 0 Å². The van der Waals surface area contributed by atoms with Crippen LogP contribution >= 0.6 is 0 Å². The number of nitro benzene ring substituents is 1. The Morgan fingerprint density at radius 1 is 1.00 bits per heavy atom. The molecule has 0 bridgehead atoms. The van der Waals surface area contributed by atoms with Gasteiger partial charge in [-0.05, 0) is 30.3 Å². The predicted molar refractivity (Wildman–Crippen MR) is 140 cm³/mol. The Morgan fingerprint density at radius 2 is 1.64 bits per heavy atom. The molecule has 3 N–H and O–H groups in total. The average Bonchev–Trinajstić information content (AvgIpc) is 2.95. The summed E-state index contributed by atoms with van der Waals surface area (Å²) in [6.45, 7) is 1.43. The normalized spacial score (nSPS) is 14.5. The van der Waals surface area contributed by atoms with Gasteiger partial charge >= 0.3 is 5.97 Å². The minimum Gasteiger partial charge on any atom is -0.480 e. The number of benzene rings is 2. The summed E-state index contributed by atoms with van der Waals surface area (Å²) in [5.41, 5.74) is -0.0207. The summed E-state index contributed by atoms with van der Waals surface area (Å²) in [5.74, 6) is -1.72. The number of nitro groups is 1. The molecule has 0 spiro atoms. The van der Waals surface area contributed by atoms with Crippen LogP contribution in [0.25, 0.3) is 0 Å². The van der Waals surface area contributed by atoms with Crippen LogP contribution in [0.15, 0.2) is 71.9 Å². The first kappa shape index (κ1) is 27.4. The van der Waals surface area contributed by atoms with Crippen LogP contribution in [0.2, 0.25) is 0 Å².